The first-order chi connectivity index (χ1) is 12.6. The standard InChI is InChI=1S/C20H27N3O3S/c1-13(2)18(20(24)22-12-17-7-6-8-21-11-17)23-27(25,26)19-15(4)9-14(3)10-16(19)5/h6-11,13,18,23H,12H2,1-5H3,(H,22,24)/t18-/m0/s1. The van der Waals surface area contributed by atoms with Crippen LogP contribution in [0.25, 0.3) is 0 Å². The summed E-state index contributed by atoms with van der Waals surface area (Å²) < 4.78 is 28.5. The predicted octanol–water partition coefficient (Wildman–Crippen LogP) is 2.63. The van der Waals surface area contributed by atoms with E-state index in [1.807, 2.05) is 39.0 Å². The third-order valence-electron chi connectivity index (χ3n) is 4.29. The highest BCUT2D eigenvalue weighted by atomic mass is 32.2. The molecule has 0 radical (unpaired) electrons. The van der Waals surface area contributed by atoms with Crippen LogP contribution in [0.4, 0.5) is 0 Å². The van der Waals surface area contributed by atoms with Gasteiger partial charge in [0.2, 0.25) is 15.9 Å². The first-order valence-corrected chi connectivity index (χ1v) is 10.4. The molecule has 1 heterocycles. The molecule has 1 atom stereocenters. The lowest BCUT2D eigenvalue weighted by molar-refractivity contribution is -0.123. The van der Waals surface area contributed by atoms with Crippen molar-refractivity contribution in [2.45, 2.75) is 52.1 Å². The number of carbonyl (C=O) groups is 1. The van der Waals surface area contributed by atoms with Gasteiger partial charge in [-0.3, -0.25) is 9.78 Å². The van der Waals surface area contributed by atoms with Crippen LogP contribution >= 0.6 is 0 Å². The fraction of sp³-hybridized carbons (Fsp3) is 0.400. The van der Waals surface area contributed by atoms with Crippen molar-refractivity contribution in [2.24, 2.45) is 5.92 Å². The minimum atomic E-state index is -3.83. The molecule has 0 bridgehead atoms. The molecule has 2 aromatic rings. The summed E-state index contributed by atoms with van der Waals surface area (Å²) in [6.45, 7) is 9.37. The minimum absolute atomic E-state index is 0.209. The molecule has 2 rings (SSSR count). The number of carbonyl (C=O) groups excluding carboxylic acids is 1. The van der Waals surface area contributed by atoms with Crippen LogP contribution in [0.1, 0.15) is 36.1 Å². The van der Waals surface area contributed by atoms with Gasteiger partial charge in [-0.25, -0.2) is 8.42 Å². The fourth-order valence-corrected chi connectivity index (χ4v) is 4.91. The smallest absolute Gasteiger partial charge is 0.241 e. The fourth-order valence-electron chi connectivity index (χ4n) is 3.11. The summed E-state index contributed by atoms with van der Waals surface area (Å²) >= 11 is 0. The van der Waals surface area contributed by atoms with Gasteiger partial charge >= 0.3 is 0 Å². The topological polar surface area (TPSA) is 88.2 Å². The van der Waals surface area contributed by atoms with Gasteiger partial charge in [0.15, 0.2) is 0 Å². The zero-order chi connectivity index (χ0) is 20.2. The Morgan fingerprint density at radius 3 is 2.30 bits per heavy atom. The van der Waals surface area contributed by atoms with Crippen LogP contribution in [-0.4, -0.2) is 25.4 Å². The summed E-state index contributed by atoms with van der Waals surface area (Å²) in [6.07, 6.45) is 3.32. The molecule has 146 valence electrons. The zero-order valence-electron chi connectivity index (χ0n) is 16.4. The molecule has 1 aromatic heterocycles. The Balaban J connectivity index is 2.21. The Labute approximate surface area is 161 Å². The molecule has 0 saturated carbocycles. The van der Waals surface area contributed by atoms with Gasteiger partial charge in [-0.1, -0.05) is 37.6 Å². The minimum Gasteiger partial charge on any atom is -0.351 e. The molecule has 6 nitrogen and oxygen atoms in total. The van der Waals surface area contributed by atoms with Crippen LogP contribution in [0, 0.1) is 26.7 Å². The molecule has 0 aliphatic carbocycles. The van der Waals surface area contributed by atoms with Crippen LogP contribution in [-0.2, 0) is 21.4 Å². The molecule has 0 aliphatic heterocycles. The Bertz CT molecular complexity index is 886. The quantitative estimate of drug-likeness (QED) is 0.762. The van der Waals surface area contributed by atoms with Gasteiger partial charge in [-0.05, 0) is 49.4 Å². The summed E-state index contributed by atoms with van der Waals surface area (Å²) in [7, 11) is -3.83. The van der Waals surface area contributed by atoms with Crippen LogP contribution < -0.4 is 10.0 Å². The van der Waals surface area contributed by atoms with Crippen LogP contribution in [0.3, 0.4) is 0 Å². The van der Waals surface area contributed by atoms with Gasteiger partial charge in [0.25, 0.3) is 0 Å². The van der Waals surface area contributed by atoms with Crippen molar-refractivity contribution in [1.29, 1.82) is 0 Å². The summed E-state index contributed by atoms with van der Waals surface area (Å²) in [5.74, 6) is -0.570. The molecular formula is C20H27N3O3S. The van der Waals surface area contributed by atoms with E-state index in [2.05, 4.69) is 15.0 Å². The molecule has 27 heavy (non-hydrogen) atoms. The highest BCUT2D eigenvalue weighted by Crippen LogP contribution is 2.22. The van der Waals surface area contributed by atoms with Crippen molar-refractivity contribution >= 4 is 15.9 Å². The molecule has 0 unspecified atom stereocenters. The molecule has 1 aromatic carbocycles. The Hall–Kier alpha value is -2.25. The molecule has 0 aliphatic rings. The maximum absolute atomic E-state index is 13.0. The number of amides is 1. The van der Waals surface area contributed by atoms with Crippen molar-refractivity contribution in [3.05, 3.63) is 58.9 Å². The number of aryl methyl sites for hydroxylation is 3. The molecule has 1 amide bonds. The van der Waals surface area contributed by atoms with Crippen molar-refractivity contribution in [3.63, 3.8) is 0 Å². The molecule has 0 spiro atoms. The summed E-state index contributed by atoms with van der Waals surface area (Å²) in [5, 5.41) is 2.79. The van der Waals surface area contributed by atoms with E-state index in [1.165, 1.54) is 0 Å². The summed E-state index contributed by atoms with van der Waals surface area (Å²) in [6, 6.07) is 6.42. The first-order valence-electron chi connectivity index (χ1n) is 8.88. The van der Waals surface area contributed by atoms with E-state index < -0.39 is 16.1 Å². The highest BCUT2D eigenvalue weighted by Gasteiger charge is 2.30. The lowest BCUT2D eigenvalue weighted by atomic mass is 10.0. The largest absolute Gasteiger partial charge is 0.351 e. The van der Waals surface area contributed by atoms with Crippen molar-refractivity contribution < 1.29 is 13.2 Å². The number of pyridine rings is 1. The first kappa shape index (κ1) is 21.1. The average molecular weight is 390 g/mol. The number of sulfonamides is 1. The number of hydrogen-bond acceptors (Lipinski definition) is 4. The molecule has 2 N–H and O–H groups in total. The van der Waals surface area contributed by atoms with E-state index in [4.69, 9.17) is 0 Å². The van der Waals surface area contributed by atoms with Gasteiger partial charge in [0, 0.05) is 18.9 Å². The summed E-state index contributed by atoms with van der Waals surface area (Å²) in [5.41, 5.74) is 3.18. The third kappa shape index (κ3) is 5.37. The number of nitrogens with zero attached hydrogens (tertiary/aromatic N) is 1. The third-order valence-corrected chi connectivity index (χ3v) is 6.04. The molecule has 0 fully saturated rings. The van der Waals surface area contributed by atoms with Gasteiger partial charge in [0.1, 0.15) is 6.04 Å². The van der Waals surface area contributed by atoms with Crippen LogP contribution in [0.2, 0.25) is 0 Å². The molecule has 7 heteroatoms. The van der Waals surface area contributed by atoms with Crippen LogP contribution in [0.5, 0.6) is 0 Å². The maximum atomic E-state index is 13.0. The lowest BCUT2D eigenvalue weighted by Crippen LogP contribution is -2.49. The molecule has 0 saturated heterocycles. The number of aromatic nitrogens is 1. The van der Waals surface area contributed by atoms with Crippen molar-refractivity contribution in [3.8, 4) is 0 Å². The zero-order valence-corrected chi connectivity index (χ0v) is 17.2. The SMILES string of the molecule is Cc1cc(C)c(S(=O)(=O)N[C@H](C(=O)NCc2cccnc2)C(C)C)c(C)c1. The van der Waals surface area contributed by atoms with Gasteiger partial charge in [0.05, 0.1) is 4.90 Å². The van der Waals surface area contributed by atoms with Crippen molar-refractivity contribution in [2.75, 3.05) is 0 Å². The lowest BCUT2D eigenvalue weighted by Gasteiger charge is -2.23. The average Bonchev–Trinajstić information content (AvgIpc) is 2.57. The Morgan fingerprint density at radius 1 is 1.15 bits per heavy atom. The number of rotatable bonds is 7. The second-order valence-electron chi connectivity index (χ2n) is 7.15. The van der Waals surface area contributed by atoms with E-state index >= 15 is 0 Å². The second kappa shape index (κ2) is 8.63. The van der Waals surface area contributed by atoms with Gasteiger partial charge < -0.3 is 5.32 Å². The van der Waals surface area contributed by atoms with Crippen molar-refractivity contribution in [1.82, 2.24) is 15.0 Å². The maximum Gasteiger partial charge on any atom is 0.241 e. The second-order valence-corrected chi connectivity index (χ2v) is 8.80. The number of hydrogen-bond donors (Lipinski definition) is 2. The Morgan fingerprint density at radius 2 is 1.78 bits per heavy atom. The van der Waals surface area contributed by atoms with Gasteiger partial charge in [-0.2, -0.15) is 4.72 Å². The van der Waals surface area contributed by atoms with E-state index in [1.54, 1.807) is 32.3 Å². The monoisotopic (exact) mass is 389 g/mol. The van der Waals surface area contributed by atoms with E-state index in [0.29, 0.717) is 17.7 Å². The highest BCUT2D eigenvalue weighted by molar-refractivity contribution is 7.89. The normalized spacial score (nSPS) is 12.8. The van der Waals surface area contributed by atoms with E-state index in [9.17, 15) is 13.2 Å². The van der Waals surface area contributed by atoms with E-state index in [-0.39, 0.29) is 16.7 Å². The molecular weight excluding hydrogens is 362 g/mol. The van der Waals surface area contributed by atoms with Gasteiger partial charge in [-0.15, -0.1) is 0 Å². The van der Waals surface area contributed by atoms with Crippen LogP contribution in [0.15, 0.2) is 41.6 Å². The number of benzene rings is 1. The Kier molecular flexibility index (Phi) is 6.73. The predicted molar refractivity (Wildman–Crippen MR) is 106 cm³/mol. The summed E-state index contributed by atoms with van der Waals surface area (Å²) in [4.78, 5) is 16.9. The van der Waals surface area contributed by atoms with E-state index in [0.717, 1.165) is 11.1 Å². The number of nitrogens with one attached hydrogen (secondary N) is 2.